The molecule has 0 aromatic heterocycles. The van der Waals surface area contributed by atoms with Crippen LogP contribution in [0.2, 0.25) is 0 Å². The van der Waals surface area contributed by atoms with Crippen molar-refractivity contribution in [1.29, 1.82) is 0 Å². The second-order valence-electron chi connectivity index (χ2n) is 5.13. The van der Waals surface area contributed by atoms with Gasteiger partial charge in [0.2, 0.25) is 0 Å². The molecule has 1 saturated heterocycles. The third-order valence-corrected chi connectivity index (χ3v) is 4.45. The van der Waals surface area contributed by atoms with Gasteiger partial charge in [-0.2, -0.15) is 0 Å². The molecule has 106 valence electrons. The molecular weight excluding hydrogens is 304 g/mol. The van der Waals surface area contributed by atoms with E-state index < -0.39 is 0 Å². The highest BCUT2D eigenvalue weighted by atomic mass is 79.9. The first-order valence-electron chi connectivity index (χ1n) is 6.91. The largest absolute Gasteiger partial charge is 0.380 e. The summed E-state index contributed by atoms with van der Waals surface area (Å²) in [5.41, 5.74) is 1.35. The van der Waals surface area contributed by atoms with Crippen LogP contribution >= 0.6 is 15.9 Å². The lowest BCUT2D eigenvalue weighted by atomic mass is 10.0. The van der Waals surface area contributed by atoms with Crippen LogP contribution in [0.25, 0.3) is 0 Å². The summed E-state index contributed by atoms with van der Waals surface area (Å²) in [5, 5.41) is 3.41. The highest BCUT2D eigenvalue weighted by Crippen LogP contribution is 2.21. The van der Waals surface area contributed by atoms with Crippen molar-refractivity contribution in [3.63, 3.8) is 0 Å². The Morgan fingerprint density at radius 1 is 1.42 bits per heavy atom. The van der Waals surface area contributed by atoms with Crippen LogP contribution in [0.1, 0.15) is 24.4 Å². The minimum Gasteiger partial charge on any atom is -0.380 e. The van der Waals surface area contributed by atoms with Crippen molar-refractivity contribution in [1.82, 2.24) is 10.2 Å². The number of nitrogens with one attached hydrogen (secondary N) is 1. The van der Waals surface area contributed by atoms with Gasteiger partial charge in [-0.3, -0.25) is 0 Å². The van der Waals surface area contributed by atoms with Crippen molar-refractivity contribution < 1.29 is 4.74 Å². The van der Waals surface area contributed by atoms with E-state index in [-0.39, 0.29) is 0 Å². The summed E-state index contributed by atoms with van der Waals surface area (Å²) in [7, 11) is 3.85. The van der Waals surface area contributed by atoms with E-state index in [1.807, 2.05) is 14.2 Å². The highest BCUT2D eigenvalue weighted by molar-refractivity contribution is 9.10. The number of ether oxygens (including phenoxy) is 1. The molecule has 0 radical (unpaired) electrons. The van der Waals surface area contributed by atoms with Crippen molar-refractivity contribution in [2.75, 3.05) is 33.8 Å². The molecule has 2 rings (SSSR count). The third kappa shape index (κ3) is 4.28. The molecule has 1 aromatic carbocycles. The lowest BCUT2D eigenvalue weighted by Gasteiger charge is -2.21. The lowest BCUT2D eigenvalue weighted by Crippen LogP contribution is -2.27. The zero-order chi connectivity index (χ0) is 13.7. The Balaban J connectivity index is 1.84. The molecule has 2 unspecified atom stereocenters. The zero-order valence-corrected chi connectivity index (χ0v) is 13.3. The van der Waals surface area contributed by atoms with Crippen molar-refractivity contribution >= 4 is 15.9 Å². The van der Waals surface area contributed by atoms with Gasteiger partial charge in [-0.1, -0.05) is 28.1 Å². The van der Waals surface area contributed by atoms with Gasteiger partial charge < -0.3 is 15.0 Å². The Morgan fingerprint density at radius 3 is 2.74 bits per heavy atom. The Hall–Kier alpha value is -0.420. The fourth-order valence-corrected chi connectivity index (χ4v) is 2.94. The molecule has 2 atom stereocenters. The number of rotatable bonds is 6. The average molecular weight is 327 g/mol. The number of hydrogen-bond acceptors (Lipinski definition) is 3. The van der Waals surface area contributed by atoms with Crippen molar-refractivity contribution in [2.24, 2.45) is 0 Å². The monoisotopic (exact) mass is 326 g/mol. The second kappa shape index (κ2) is 7.39. The summed E-state index contributed by atoms with van der Waals surface area (Å²) in [6.45, 7) is 3.37. The maximum absolute atomic E-state index is 5.41. The molecule has 0 bridgehead atoms. The zero-order valence-electron chi connectivity index (χ0n) is 11.7. The molecule has 1 N–H and O–H groups in total. The van der Waals surface area contributed by atoms with Gasteiger partial charge in [0.25, 0.3) is 0 Å². The Bertz CT molecular complexity index is 382. The van der Waals surface area contributed by atoms with Gasteiger partial charge in [0, 0.05) is 37.3 Å². The quantitative estimate of drug-likeness (QED) is 0.870. The first kappa shape index (κ1) is 15.0. The Morgan fingerprint density at radius 2 is 2.16 bits per heavy atom. The molecule has 1 aromatic rings. The maximum atomic E-state index is 5.41. The fourth-order valence-electron chi connectivity index (χ4n) is 2.68. The first-order valence-corrected chi connectivity index (χ1v) is 7.70. The minimum atomic E-state index is 0.426. The predicted molar refractivity (Wildman–Crippen MR) is 82.4 cm³/mol. The number of likely N-dealkylation sites (tertiary alicyclic amines) is 1. The molecule has 0 amide bonds. The highest BCUT2D eigenvalue weighted by Gasteiger charge is 2.22. The van der Waals surface area contributed by atoms with E-state index in [0.29, 0.717) is 12.1 Å². The van der Waals surface area contributed by atoms with Crippen LogP contribution in [0.15, 0.2) is 28.7 Å². The van der Waals surface area contributed by atoms with Crippen molar-refractivity contribution in [2.45, 2.75) is 25.0 Å². The summed E-state index contributed by atoms with van der Waals surface area (Å²) in [6, 6.07) is 9.02. The number of nitrogens with zero attached hydrogens (tertiary/aromatic N) is 1. The van der Waals surface area contributed by atoms with E-state index in [9.17, 15) is 0 Å². The summed E-state index contributed by atoms with van der Waals surface area (Å²) in [6.07, 6.45) is 2.73. The van der Waals surface area contributed by atoms with Crippen molar-refractivity contribution in [3.05, 3.63) is 34.3 Å². The SMILES string of the molecule is CNC(CCN1CCC(OC)C1)c1ccc(Br)cc1. The molecular formula is C15H23BrN2O. The van der Waals surface area contributed by atoms with Crippen LogP contribution in [0.3, 0.4) is 0 Å². The molecule has 3 nitrogen and oxygen atoms in total. The first-order chi connectivity index (χ1) is 9.22. The van der Waals surface area contributed by atoms with E-state index in [1.54, 1.807) is 0 Å². The molecule has 0 spiro atoms. The van der Waals surface area contributed by atoms with Crippen LogP contribution in [0.4, 0.5) is 0 Å². The molecule has 1 fully saturated rings. The normalized spacial score (nSPS) is 21.7. The molecule has 19 heavy (non-hydrogen) atoms. The summed E-state index contributed by atoms with van der Waals surface area (Å²) in [4.78, 5) is 2.50. The molecule has 1 aliphatic rings. The summed E-state index contributed by atoms with van der Waals surface area (Å²) >= 11 is 3.48. The second-order valence-corrected chi connectivity index (χ2v) is 6.04. The maximum Gasteiger partial charge on any atom is 0.0710 e. The van der Waals surface area contributed by atoms with Gasteiger partial charge >= 0.3 is 0 Å². The van der Waals surface area contributed by atoms with E-state index in [2.05, 4.69) is 50.4 Å². The molecule has 4 heteroatoms. The fraction of sp³-hybridized carbons (Fsp3) is 0.600. The van der Waals surface area contributed by atoms with Crippen LogP contribution in [0.5, 0.6) is 0 Å². The minimum absolute atomic E-state index is 0.426. The van der Waals surface area contributed by atoms with Crippen LogP contribution in [-0.4, -0.2) is 44.8 Å². The van der Waals surface area contributed by atoms with Gasteiger partial charge in [-0.15, -0.1) is 0 Å². The Labute approximate surface area is 124 Å². The standard InChI is InChI=1S/C15H23BrN2O/c1-17-15(12-3-5-13(16)6-4-12)8-10-18-9-7-14(11-18)19-2/h3-6,14-15,17H,7-11H2,1-2H3. The summed E-state index contributed by atoms with van der Waals surface area (Å²) < 4.78 is 6.54. The molecule has 1 aliphatic heterocycles. The number of benzene rings is 1. The van der Waals surface area contributed by atoms with Gasteiger partial charge in [0.1, 0.15) is 0 Å². The van der Waals surface area contributed by atoms with E-state index in [4.69, 9.17) is 4.74 Å². The van der Waals surface area contributed by atoms with Crippen molar-refractivity contribution in [3.8, 4) is 0 Å². The number of hydrogen-bond donors (Lipinski definition) is 1. The van der Waals surface area contributed by atoms with Crippen LogP contribution < -0.4 is 5.32 Å². The molecule has 1 heterocycles. The van der Waals surface area contributed by atoms with E-state index in [1.165, 1.54) is 12.0 Å². The van der Waals surface area contributed by atoms with E-state index >= 15 is 0 Å². The van der Waals surface area contributed by atoms with Crippen LogP contribution in [-0.2, 0) is 4.74 Å². The topological polar surface area (TPSA) is 24.5 Å². The molecule has 0 aliphatic carbocycles. The van der Waals surface area contributed by atoms with Gasteiger partial charge in [0.15, 0.2) is 0 Å². The van der Waals surface area contributed by atoms with Gasteiger partial charge in [-0.25, -0.2) is 0 Å². The summed E-state index contributed by atoms with van der Waals surface area (Å²) in [5.74, 6) is 0. The lowest BCUT2D eigenvalue weighted by molar-refractivity contribution is 0.107. The van der Waals surface area contributed by atoms with Gasteiger partial charge in [-0.05, 0) is 37.6 Å². The van der Waals surface area contributed by atoms with Gasteiger partial charge in [0.05, 0.1) is 6.10 Å². The molecule has 0 saturated carbocycles. The number of methoxy groups -OCH3 is 1. The Kier molecular flexibility index (Phi) is 5.82. The third-order valence-electron chi connectivity index (χ3n) is 3.92. The predicted octanol–water partition coefficient (Wildman–Crippen LogP) is 2.82. The smallest absolute Gasteiger partial charge is 0.0710 e. The average Bonchev–Trinajstić information content (AvgIpc) is 2.89. The van der Waals surface area contributed by atoms with E-state index in [0.717, 1.165) is 30.5 Å². The van der Waals surface area contributed by atoms with Crippen LogP contribution in [0, 0.1) is 0 Å². The number of halogens is 1.